The van der Waals surface area contributed by atoms with Gasteiger partial charge in [0.15, 0.2) is 5.16 Å². The van der Waals surface area contributed by atoms with Crippen LogP contribution in [0.1, 0.15) is 24.3 Å². The number of nitrogens with zero attached hydrogens (tertiary/aromatic N) is 4. The van der Waals surface area contributed by atoms with E-state index in [1.165, 1.54) is 30.0 Å². The van der Waals surface area contributed by atoms with Crippen molar-refractivity contribution in [1.29, 1.82) is 0 Å². The summed E-state index contributed by atoms with van der Waals surface area (Å²) in [6.45, 7) is 1.81. The Kier molecular flexibility index (Phi) is 6.66. The molecule has 0 aliphatic carbocycles. The lowest BCUT2D eigenvalue weighted by Crippen LogP contribution is -2.32. The molecule has 2 aromatic heterocycles. The molecule has 0 bridgehead atoms. The van der Waals surface area contributed by atoms with Crippen LogP contribution in [0.4, 0.5) is 13.6 Å². The molecule has 7 nitrogen and oxygen atoms in total. The van der Waals surface area contributed by atoms with E-state index in [2.05, 4.69) is 15.0 Å². The largest absolute Gasteiger partial charge is 0.481 e. The number of carbonyl (C=O) groups excluding carboxylic acids is 1. The van der Waals surface area contributed by atoms with Crippen molar-refractivity contribution in [3.63, 3.8) is 0 Å². The topological polar surface area (TPSA) is 77.4 Å². The number of benzene rings is 1. The molecular weight excluding hydrogens is 474 g/mol. The maximum Gasteiger partial charge on any atom is 0.411 e. The van der Waals surface area contributed by atoms with Crippen LogP contribution in [0, 0.1) is 11.6 Å². The lowest BCUT2D eigenvalue weighted by molar-refractivity contribution is 0.130. The molecule has 0 spiro atoms. The number of pyridine rings is 1. The first-order valence-corrected chi connectivity index (χ1v) is 11.4. The van der Waals surface area contributed by atoms with Crippen LogP contribution >= 0.6 is 23.4 Å². The van der Waals surface area contributed by atoms with Crippen LogP contribution in [0.3, 0.4) is 0 Å². The van der Waals surface area contributed by atoms with Gasteiger partial charge in [-0.1, -0.05) is 23.4 Å². The Morgan fingerprint density at radius 1 is 1.15 bits per heavy atom. The van der Waals surface area contributed by atoms with Crippen molar-refractivity contribution in [2.75, 3.05) is 13.4 Å². The van der Waals surface area contributed by atoms with Crippen molar-refractivity contribution in [2.45, 2.75) is 30.8 Å². The molecule has 0 saturated carbocycles. The highest BCUT2D eigenvalue weighted by Crippen LogP contribution is 2.37. The van der Waals surface area contributed by atoms with Crippen LogP contribution in [0.15, 0.2) is 41.8 Å². The van der Waals surface area contributed by atoms with E-state index in [4.69, 9.17) is 21.1 Å². The van der Waals surface area contributed by atoms with Gasteiger partial charge in [-0.05, 0) is 31.4 Å². The number of hydrogen-bond acceptors (Lipinski definition) is 7. The molecular formula is C22H19ClF2N4O3S. The molecule has 4 rings (SSSR count). The van der Waals surface area contributed by atoms with Crippen molar-refractivity contribution in [2.24, 2.45) is 0 Å². The molecule has 3 heterocycles. The predicted molar refractivity (Wildman–Crippen MR) is 119 cm³/mol. The standard InChI is InChI=1S/C22H19ClF2N4O3S/c1-11-19(12-4-14(24)7-15(25)5-12)32-22(30)29(11)10-18-17(9-27-21(28-18)33-3)16-6-13(23)8-26-20(16)31-2/h4-9,11,19H,10H2,1-3H3/t11-,19-/m0/s1. The Labute approximate surface area is 198 Å². The van der Waals surface area contributed by atoms with Gasteiger partial charge in [-0.25, -0.2) is 28.5 Å². The fraction of sp³-hybridized carbons (Fsp3) is 0.273. The third kappa shape index (κ3) is 4.72. The molecule has 0 radical (unpaired) electrons. The van der Waals surface area contributed by atoms with E-state index < -0.39 is 29.9 Å². The van der Waals surface area contributed by atoms with Crippen LogP contribution in [-0.2, 0) is 11.3 Å². The monoisotopic (exact) mass is 492 g/mol. The van der Waals surface area contributed by atoms with Gasteiger partial charge in [-0.2, -0.15) is 0 Å². The van der Waals surface area contributed by atoms with Gasteiger partial charge in [0.1, 0.15) is 17.7 Å². The number of thioether (sulfide) groups is 1. The summed E-state index contributed by atoms with van der Waals surface area (Å²) >= 11 is 7.50. The first-order chi connectivity index (χ1) is 15.8. The van der Waals surface area contributed by atoms with E-state index in [9.17, 15) is 13.6 Å². The Morgan fingerprint density at radius 2 is 1.88 bits per heavy atom. The molecule has 1 aliphatic rings. The molecule has 1 saturated heterocycles. The number of methoxy groups -OCH3 is 1. The fourth-order valence-electron chi connectivity index (χ4n) is 3.69. The van der Waals surface area contributed by atoms with Gasteiger partial charge < -0.3 is 9.47 Å². The van der Waals surface area contributed by atoms with Crippen LogP contribution in [0.5, 0.6) is 5.88 Å². The van der Waals surface area contributed by atoms with Crippen molar-refractivity contribution >= 4 is 29.5 Å². The van der Waals surface area contributed by atoms with E-state index in [1.807, 2.05) is 6.26 Å². The van der Waals surface area contributed by atoms with Crippen LogP contribution in [0.2, 0.25) is 5.02 Å². The third-order valence-corrected chi connectivity index (χ3v) is 6.02. The molecule has 1 amide bonds. The number of rotatable bonds is 6. The van der Waals surface area contributed by atoms with Crippen molar-refractivity contribution in [1.82, 2.24) is 19.9 Å². The molecule has 33 heavy (non-hydrogen) atoms. The number of halogens is 3. The van der Waals surface area contributed by atoms with Gasteiger partial charge >= 0.3 is 6.09 Å². The summed E-state index contributed by atoms with van der Waals surface area (Å²) < 4.78 is 38.3. The number of cyclic esters (lactones) is 1. The van der Waals surface area contributed by atoms with Crippen molar-refractivity contribution < 1.29 is 23.0 Å². The summed E-state index contributed by atoms with van der Waals surface area (Å²) in [4.78, 5) is 27.3. The van der Waals surface area contributed by atoms with Crippen LogP contribution in [-0.4, -0.2) is 45.4 Å². The molecule has 0 N–H and O–H groups in total. The first kappa shape index (κ1) is 23.2. The zero-order valence-electron chi connectivity index (χ0n) is 17.9. The minimum absolute atomic E-state index is 0.0649. The number of hydrogen-bond donors (Lipinski definition) is 0. The van der Waals surface area contributed by atoms with Gasteiger partial charge in [-0.3, -0.25) is 4.90 Å². The smallest absolute Gasteiger partial charge is 0.411 e. The average Bonchev–Trinajstić information content (AvgIpc) is 3.06. The number of carbonyl (C=O) groups is 1. The van der Waals surface area contributed by atoms with E-state index >= 15 is 0 Å². The quantitative estimate of drug-likeness (QED) is 0.342. The second-order valence-corrected chi connectivity index (χ2v) is 8.51. The van der Waals surface area contributed by atoms with Gasteiger partial charge in [0, 0.05) is 35.2 Å². The molecule has 3 aromatic rings. The van der Waals surface area contributed by atoms with Gasteiger partial charge in [-0.15, -0.1) is 0 Å². The highest BCUT2D eigenvalue weighted by atomic mass is 35.5. The average molecular weight is 493 g/mol. The normalized spacial score (nSPS) is 17.9. The van der Waals surface area contributed by atoms with Crippen molar-refractivity contribution in [3.05, 3.63) is 64.6 Å². The molecule has 172 valence electrons. The molecule has 1 fully saturated rings. The molecule has 1 aromatic carbocycles. The number of amides is 1. The lowest BCUT2D eigenvalue weighted by atomic mass is 10.0. The summed E-state index contributed by atoms with van der Waals surface area (Å²) in [7, 11) is 1.49. The zero-order valence-corrected chi connectivity index (χ0v) is 19.5. The number of aromatic nitrogens is 3. The van der Waals surface area contributed by atoms with E-state index in [0.29, 0.717) is 32.9 Å². The Morgan fingerprint density at radius 3 is 2.55 bits per heavy atom. The predicted octanol–water partition coefficient (Wildman–Crippen LogP) is 5.28. The van der Waals surface area contributed by atoms with E-state index in [-0.39, 0.29) is 12.1 Å². The summed E-state index contributed by atoms with van der Waals surface area (Å²) in [6.07, 6.45) is 3.46. The highest BCUT2D eigenvalue weighted by Gasteiger charge is 2.40. The van der Waals surface area contributed by atoms with Crippen molar-refractivity contribution in [3.8, 4) is 17.0 Å². The first-order valence-electron chi connectivity index (χ1n) is 9.83. The molecule has 11 heteroatoms. The second kappa shape index (κ2) is 9.48. The molecule has 2 atom stereocenters. The van der Waals surface area contributed by atoms with Gasteiger partial charge in [0.2, 0.25) is 5.88 Å². The van der Waals surface area contributed by atoms with Gasteiger partial charge in [0.25, 0.3) is 0 Å². The van der Waals surface area contributed by atoms with E-state index in [0.717, 1.165) is 18.2 Å². The van der Waals surface area contributed by atoms with Crippen LogP contribution in [0.25, 0.3) is 11.1 Å². The minimum Gasteiger partial charge on any atom is -0.481 e. The SMILES string of the molecule is COc1ncc(Cl)cc1-c1cnc(SC)nc1CN1C(=O)O[C@H](c2cc(F)cc(F)c2)[C@@H]1C. The summed E-state index contributed by atoms with van der Waals surface area (Å²) in [5.74, 6) is -1.16. The van der Waals surface area contributed by atoms with Gasteiger partial charge in [0.05, 0.1) is 30.4 Å². The Bertz CT molecular complexity index is 1200. The summed E-state index contributed by atoms with van der Waals surface area (Å²) in [5, 5.41) is 0.902. The fourth-order valence-corrected chi connectivity index (χ4v) is 4.20. The third-order valence-electron chi connectivity index (χ3n) is 5.26. The maximum absolute atomic E-state index is 13.7. The Hall–Kier alpha value is -2.98. The molecule has 0 unspecified atom stereocenters. The highest BCUT2D eigenvalue weighted by molar-refractivity contribution is 7.98. The summed E-state index contributed by atoms with van der Waals surface area (Å²) in [5.41, 5.74) is 1.91. The maximum atomic E-state index is 13.7. The minimum atomic E-state index is -0.838. The molecule has 1 aliphatic heterocycles. The second-order valence-electron chi connectivity index (χ2n) is 7.30. The summed E-state index contributed by atoms with van der Waals surface area (Å²) in [6, 6.07) is 4.25. The Balaban J connectivity index is 1.71. The van der Waals surface area contributed by atoms with Crippen LogP contribution < -0.4 is 4.74 Å². The number of ether oxygens (including phenoxy) is 2. The van der Waals surface area contributed by atoms with E-state index in [1.54, 1.807) is 19.2 Å². The zero-order chi connectivity index (χ0) is 23.7. The lowest BCUT2D eigenvalue weighted by Gasteiger charge is -2.22.